The standard InChI is InChI=1S/C8H12OSi2.C4H6O2/c10-9-11-7-6-8-4-2-1-3-5-8;1-3(2)4(5)6/h1-7H,11H2,10H3;1H2,2H3,(H,5,6). The summed E-state index contributed by atoms with van der Waals surface area (Å²) < 4.78 is 5.15. The molecule has 0 aliphatic heterocycles. The largest absolute Gasteiger partial charge is 0.478 e. The molecule has 1 N–H and O–H groups in total. The number of benzene rings is 1. The summed E-state index contributed by atoms with van der Waals surface area (Å²) in [6.07, 6.45) is 2.13. The van der Waals surface area contributed by atoms with Crippen LogP contribution in [0.15, 0.2) is 48.2 Å². The van der Waals surface area contributed by atoms with Crippen molar-refractivity contribution in [2.75, 3.05) is 0 Å². The van der Waals surface area contributed by atoms with Gasteiger partial charge < -0.3 is 9.22 Å². The van der Waals surface area contributed by atoms with Crippen molar-refractivity contribution < 1.29 is 14.0 Å². The van der Waals surface area contributed by atoms with Gasteiger partial charge in [0.05, 0.1) is 0 Å². The van der Waals surface area contributed by atoms with Crippen LogP contribution in [0.1, 0.15) is 12.5 Å². The zero-order chi connectivity index (χ0) is 13.1. The van der Waals surface area contributed by atoms with E-state index in [1.165, 1.54) is 12.5 Å². The quantitative estimate of drug-likeness (QED) is 0.644. The molecule has 17 heavy (non-hydrogen) atoms. The summed E-state index contributed by atoms with van der Waals surface area (Å²) in [7, 11) is 0.535. The lowest BCUT2D eigenvalue weighted by Crippen LogP contribution is -1.92. The van der Waals surface area contributed by atoms with Crippen molar-refractivity contribution in [3.8, 4) is 0 Å². The number of hydrogen-bond donors (Lipinski definition) is 1. The Morgan fingerprint density at radius 1 is 1.47 bits per heavy atom. The van der Waals surface area contributed by atoms with Gasteiger partial charge in [0, 0.05) is 5.57 Å². The molecule has 0 aliphatic carbocycles. The van der Waals surface area contributed by atoms with Crippen LogP contribution in [0, 0.1) is 0 Å². The SMILES string of the molecule is C=C(C)C(=O)O.[SiH3]O[SiH2]C=Cc1ccccc1. The molecule has 5 heteroatoms. The second-order valence-corrected chi connectivity index (χ2v) is 6.47. The summed E-state index contributed by atoms with van der Waals surface area (Å²) in [5.74, 6) is -0.935. The maximum atomic E-state index is 9.60. The molecule has 3 nitrogen and oxygen atoms in total. The molecule has 0 heterocycles. The lowest BCUT2D eigenvalue weighted by atomic mass is 10.2. The molecule has 0 bridgehead atoms. The number of aliphatic carboxylic acids is 1. The van der Waals surface area contributed by atoms with Crippen LogP contribution in [-0.2, 0) is 8.91 Å². The maximum absolute atomic E-state index is 9.60. The Kier molecular flexibility index (Phi) is 8.94. The van der Waals surface area contributed by atoms with Crippen LogP contribution in [0.2, 0.25) is 0 Å². The van der Waals surface area contributed by atoms with Crippen LogP contribution in [0.3, 0.4) is 0 Å². The van der Waals surface area contributed by atoms with Crippen molar-refractivity contribution in [3.63, 3.8) is 0 Å². The minimum absolute atomic E-state index is 0.176. The highest BCUT2D eigenvalue weighted by Crippen LogP contribution is 1.99. The molecule has 0 spiro atoms. The van der Waals surface area contributed by atoms with Crippen molar-refractivity contribution >= 4 is 32.3 Å². The zero-order valence-electron chi connectivity index (χ0n) is 10.2. The molecule has 0 radical (unpaired) electrons. The first-order valence-corrected chi connectivity index (χ1v) is 7.38. The Labute approximate surface area is 107 Å². The molecule has 0 atom stereocenters. The van der Waals surface area contributed by atoms with E-state index in [2.05, 4.69) is 30.5 Å². The van der Waals surface area contributed by atoms with Crippen molar-refractivity contribution in [1.29, 1.82) is 0 Å². The molecule has 0 saturated heterocycles. The molecular weight excluding hydrogens is 248 g/mol. The molecular formula is C12H18O3Si2. The first-order valence-electron chi connectivity index (χ1n) is 5.17. The molecule has 0 fully saturated rings. The van der Waals surface area contributed by atoms with Gasteiger partial charge in [0.2, 0.25) is 0 Å². The van der Waals surface area contributed by atoms with E-state index in [0.717, 1.165) is 10.5 Å². The van der Waals surface area contributed by atoms with E-state index < -0.39 is 5.97 Å². The van der Waals surface area contributed by atoms with Crippen molar-refractivity contribution in [2.45, 2.75) is 6.92 Å². The summed E-state index contributed by atoms with van der Waals surface area (Å²) in [4.78, 5) is 9.60. The molecule has 0 unspecified atom stereocenters. The average Bonchev–Trinajstić information content (AvgIpc) is 2.31. The first kappa shape index (κ1) is 15.6. The second kappa shape index (κ2) is 9.77. The van der Waals surface area contributed by atoms with Gasteiger partial charge in [0.25, 0.3) is 0 Å². The maximum Gasteiger partial charge on any atom is 0.330 e. The fourth-order valence-electron chi connectivity index (χ4n) is 0.845. The molecule has 1 rings (SSSR count). The topological polar surface area (TPSA) is 46.5 Å². The van der Waals surface area contributed by atoms with E-state index in [-0.39, 0.29) is 15.3 Å². The summed E-state index contributed by atoms with van der Waals surface area (Å²) in [5, 5.41) is 7.89. The number of carboxylic acid groups (broad SMARTS) is 1. The van der Waals surface area contributed by atoms with E-state index in [4.69, 9.17) is 9.22 Å². The minimum atomic E-state index is -0.935. The molecule has 0 aliphatic rings. The third-order valence-electron chi connectivity index (χ3n) is 1.74. The van der Waals surface area contributed by atoms with Crippen LogP contribution in [0.25, 0.3) is 6.08 Å². The molecule has 1 aromatic carbocycles. The van der Waals surface area contributed by atoms with E-state index in [1.807, 2.05) is 18.2 Å². The Hall–Kier alpha value is -1.44. The van der Waals surface area contributed by atoms with Gasteiger partial charge in [-0.2, -0.15) is 0 Å². The molecule has 92 valence electrons. The lowest BCUT2D eigenvalue weighted by molar-refractivity contribution is -0.132. The fourth-order valence-corrected chi connectivity index (χ4v) is 1.98. The van der Waals surface area contributed by atoms with Crippen molar-refractivity contribution in [3.05, 3.63) is 53.7 Å². The Morgan fingerprint density at radius 3 is 2.41 bits per heavy atom. The van der Waals surface area contributed by atoms with E-state index in [9.17, 15) is 4.79 Å². The van der Waals surface area contributed by atoms with Gasteiger partial charge in [-0.15, -0.1) is 0 Å². The summed E-state index contributed by atoms with van der Waals surface area (Å²) >= 11 is 0. The van der Waals surface area contributed by atoms with Crippen LogP contribution < -0.4 is 0 Å². The first-order chi connectivity index (χ1) is 8.07. The van der Waals surface area contributed by atoms with Gasteiger partial charge in [0.15, 0.2) is 9.76 Å². The minimum Gasteiger partial charge on any atom is -0.478 e. The molecule has 0 aromatic heterocycles. The number of carbonyl (C=O) groups is 1. The monoisotopic (exact) mass is 266 g/mol. The van der Waals surface area contributed by atoms with Crippen molar-refractivity contribution in [2.24, 2.45) is 0 Å². The van der Waals surface area contributed by atoms with Crippen LogP contribution in [0.5, 0.6) is 0 Å². The van der Waals surface area contributed by atoms with Gasteiger partial charge in [-0.25, -0.2) is 4.79 Å². The normalized spacial score (nSPS) is 10.4. The van der Waals surface area contributed by atoms with Gasteiger partial charge in [0.1, 0.15) is 10.5 Å². The lowest BCUT2D eigenvalue weighted by Gasteiger charge is -1.90. The summed E-state index contributed by atoms with van der Waals surface area (Å²) in [6, 6.07) is 10.3. The van der Waals surface area contributed by atoms with Gasteiger partial charge >= 0.3 is 5.97 Å². The Bertz CT molecular complexity index is 363. The number of rotatable bonds is 4. The van der Waals surface area contributed by atoms with Gasteiger partial charge in [-0.3, -0.25) is 0 Å². The van der Waals surface area contributed by atoms with E-state index in [1.54, 1.807) is 0 Å². The molecule has 0 amide bonds. The smallest absolute Gasteiger partial charge is 0.330 e. The highest BCUT2D eigenvalue weighted by atomic mass is 28.3. The average molecular weight is 266 g/mol. The zero-order valence-corrected chi connectivity index (χ0v) is 13.6. The second-order valence-electron chi connectivity index (χ2n) is 3.35. The van der Waals surface area contributed by atoms with Gasteiger partial charge in [-0.1, -0.05) is 48.7 Å². The molecule has 0 saturated carbocycles. The van der Waals surface area contributed by atoms with Crippen LogP contribution in [0.4, 0.5) is 0 Å². The fraction of sp³-hybridized carbons (Fsp3) is 0.0833. The third kappa shape index (κ3) is 9.49. The Balaban J connectivity index is 0.000000366. The predicted molar refractivity (Wildman–Crippen MR) is 77.5 cm³/mol. The summed E-state index contributed by atoms with van der Waals surface area (Å²) in [5.41, 5.74) is 3.61. The highest BCUT2D eigenvalue weighted by Gasteiger charge is 1.90. The molecule has 1 aromatic rings. The van der Waals surface area contributed by atoms with E-state index >= 15 is 0 Å². The van der Waals surface area contributed by atoms with Crippen molar-refractivity contribution in [1.82, 2.24) is 0 Å². The van der Waals surface area contributed by atoms with Crippen LogP contribution >= 0.6 is 0 Å². The Morgan fingerprint density at radius 2 is 2.00 bits per heavy atom. The predicted octanol–water partition coefficient (Wildman–Crippen LogP) is 0.685. The van der Waals surface area contributed by atoms with Crippen LogP contribution in [-0.4, -0.2) is 31.3 Å². The number of hydrogen-bond acceptors (Lipinski definition) is 2. The van der Waals surface area contributed by atoms with E-state index in [0.29, 0.717) is 0 Å². The van der Waals surface area contributed by atoms with Gasteiger partial charge in [-0.05, 0) is 12.5 Å². The third-order valence-corrected chi connectivity index (χ3v) is 3.50. The number of carboxylic acids is 1. The summed E-state index contributed by atoms with van der Waals surface area (Å²) in [6.45, 7) is 4.60. The highest BCUT2D eigenvalue weighted by molar-refractivity contribution is 6.41.